The number of aliphatic hydroxyl groups excluding tert-OH is 1. The number of imidazole rings is 1. The van der Waals surface area contributed by atoms with Gasteiger partial charge in [0.2, 0.25) is 0 Å². The van der Waals surface area contributed by atoms with E-state index >= 15 is 4.39 Å². The molecular weight excluding hydrogens is 420 g/mol. The average Bonchev–Trinajstić information content (AvgIpc) is 3.04. The van der Waals surface area contributed by atoms with Crippen LogP contribution in [0.4, 0.5) is 10.2 Å². The zero-order valence-electron chi connectivity index (χ0n) is 15.0. The van der Waals surface area contributed by atoms with Crippen LogP contribution in [0.5, 0.6) is 0 Å². The molecule has 1 aliphatic carbocycles. The molecule has 3 N–H and O–H groups in total. The monoisotopic (exact) mass is 435 g/mol. The van der Waals surface area contributed by atoms with Crippen molar-refractivity contribution < 1.29 is 33.0 Å². The summed E-state index contributed by atoms with van der Waals surface area (Å²) in [7, 11) is -3.51. The molecule has 2 unspecified atom stereocenters. The molecule has 6 atom stereocenters. The summed E-state index contributed by atoms with van der Waals surface area (Å²) >= 11 is 0. The third-order valence-corrected chi connectivity index (χ3v) is 5.75. The number of aromatic nitrogens is 4. The van der Waals surface area contributed by atoms with Crippen molar-refractivity contribution in [3.8, 4) is 0 Å². The molecule has 30 heavy (non-hydrogen) atoms. The van der Waals surface area contributed by atoms with Crippen molar-refractivity contribution in [1.29, 1.82) is 0 Å². The van der Waals surface area contributed by atoms with Crippen LogP contribution in [0.3, 0.4) is 0 Å². The van der Waals surface area contributed by atoms with E-state index in [1.807, 2.05) is 0 Å². The fourth-order valence-electron chi connectivity index (χ4n) is 3.71. The molecule has 0 radical (unpaired) electrons. The van der Waals surface area contributed by atoms with Crippen LogP contribution in [-0.2, 0) is 13.8 Å². The molecule has 1 amide bonds. The van der Waals surface area contributed by atoms with Crippen molar-refractivity contribution in [1.82, 2.24) is 19.5 Å². The number of alkyl halides is 1. The summed E-state index contributed by atoms with van der Waals surface area (Å²) in [6, 6.07) is 8.49. The first-order chi connectivity index (χ1) is 14.4. The van der Waals surface area contributed by atoms with Gasteiger partial charge >= 0.3 is 8.25 Å². The van der Waals surface area contributed by atoms with Gasteiger partial charge in [0.25, 0.3) is 5.91 Å². The van der Waals surface area contributed by atoms with Gasteiger partial charge < -0.3 is 20.1 Å². The maximum Gasteiger partial charge on any atom is 0.317 e. The normalized spacial score (nSPS) is 30.8. The first-order valence-electron chi connectivity index (χ1n) is 8.87. The quantitative estimate of drug-likeness (QED) is 0.495. The standard InChI is InChI=1S/C17H15FN5O6P/c18-10-16(28-12-11(24)17(10,12)29-30(26)27)23-7-21-9-13(19-6-20-14(9)23)22-15(25)8-4-2-1-3-5-8/h1-7,10-12,16,24,30H,(H,26,27)(H,19,20,22,25)/t10-,11?,12+,16+,17+/m0/s1. The number of nitrogens with zero attached hydrogens (tertiary/aromatic N) is 4. The van der Waals surface area contributed by atoms with Crippen LogP contribution in [0, 0.1) is 0 Å². The van der Waals surface area contributed by atoms with Gasteiger partial charge in [-0.15, -0.1) is 0 Å². The number of carbonyl (C=O) groups excluding carboxylic acids is 1. The van der Waals surface area contributed by atoms with Gasteiger partial charge in [0, 0.05) is 5.56 Å². The molecule has 0 spiro atoms. The summed E-state index contributed by atoms with van der Waals surface area (Å²) in [5.41, 5.74) is -1.12. The van der Waals surface area contributed by atoms with Crippen LogP contribution < -0.4 is 5.32 Å². The predicted octanol–water partition coefficient (Wildman–Crippen LogP) is 0.826. The largest absolute Gasteiger partial charge is 0.387 e. The summed E-state index contributed by atoms with van der Waals surface area (Å²) < 4.78 is 37.8. The lowest BCUT2D eigenvalue weighted by Gasteiger charge is -2.22. The summed E-state index contributed by atoms with van der Waals surface area (Å²) in [5, 5.41) is 12.5. The third-order valence-electron chi connectivity index (χ3n) is 5.22. The SMILES string of the molecule is O=C(Nc1ncnc2c1ncn2[C@@H]1O[C@@H]2C(O)[C@]2(O[PH](=O)O)[C@H]1F)c1ccccc1. The lowest BCUT2D eigenvalue weighted by molar-refractivity contribution is -0.0569. The van der Waals surface area contributed by atoms with Gasteiger partial charge in [-0.2, -0.15) is 0 Å². The minimum atomic E-state index is -3.51. The van der Waals surface area contributed by atoms with Crippen molar-refractivity contribution in [2.45, 2.75) is 30.2 Å². The highest BCUT2D eigenvalue weighted by Crippen LogP contribution is 2.60. The van der Waals surface area contributed by atoms with Crippen molar-refractivity contribution >= 4 is 31.1 Å². The molecule has 2 aliphatic rings. The molecule has 2 aromatic heterocycles. The van der Waals surface area contributed by atoms with E-state index in [2.05, 4.69) is 20.3 Å². The van der Waals surface area contributed by atoms with Crippen molar-refractivity contribution in [2.24, 2.45) is 0 Å². The Morgan fingerprint density at radius 1 is 1.30 bits per heavy atom. The highest BCUT2D eigenvalue weighted by atomic mass is 31.1. The van der Waals surface area contributed by atoms with E-state index < -0.39 is 44.4 Å². The molecule has 3 heterocycles. The third kappa shape index (κ3) is 2.76. The molecule has 156 valence electrons. The number of benzene rings is 1. The average molecular weight is 435 g/mol. The number of halogens is 1. The lowest BCUT2D eigenvalue weighted by atomic mass is 10.2. The Balaban J connectivity index is 1.45. The van der Waals surface area contributed by atoms with E-state index in [1.54, 1.807) is 30.3 Å². The molecule has 5 rings (SSSR count). The first kappa shape index (κ1) is 19.2. The zero-order chi connectivity index (χ0) is 21.0. The number of carbonyl (C=O) groups is 1. The van der Waals surface area contributed by atoms with E-state index in [1.165, 1.54) is 17.2 Å². The van der Waals surface area contributed by atoms with Crippen molar-refractivity contribution in [3.05, 3.63) is 48.5 Å². The second-order valence-corrected chi connectivity index (χ2v) is 7.62. The number of hydrogen-bond donors (Lipinski definition) is 3. The van der Waals surface area contributed by atoms with E-state index in [0.29, 0.717) is 5.56 Å². The summed E-state index contributed by atoms with van der Waals surface area (Å²) in [6.07, 6.45) is -3.25. The van der Waals surface area contributed by atoms with Gasteiger partial charge in [-0.1, -0.05) is 18.2 Å². The van der Waals surface area contributed by atoms with Crippen molar-refractivity contribution in [3.63, 3.8) is 0 Å². The fourth-order valence-corrected chi connectivity index (χ4v) is 4.36. The molecule has 0 bridgehead atoms. The summed E-state index contributed by atoms with van der Waals surface area (Å²) in [4.78, 5) is 33.7. The molecule has 11 nitrogen and oxygen atoms in total. The molecule has 2 fully saturated rings. The topological polar surface area (TPSA) is 149 Å². The van der Waals surface area contributed by atoms with E-state index in [9.17, 15) is 14.5 Å². The van der Waals surface area contributed by atoms with Gasteiger partial charge in [0.1, 0.15) is 18.5 Å². The van der Waals surface area contributed by atoms with Crippen LogP contribution in [0.2, 0.25) is 0 Å². The molecule has 1 saturated heterocycles. The van der Waals surface area contributed by atoms with Crippen LogP contribution in [0.1, 0.15) is 16.6 Å². The lowest BCUT2D eigenvalue weighted by Crippen LogP contribution is -2.34. The van der Waals surface area contributed by atoms with Crippen LogP contribution in [-0.4, -0.2) is 59.4 Å². The Kier molecular flexibility index (Phi) is 4.42. The number of fused-ring (bicyclic) bond motifs is 2. The Hall–Kier alpha value is -2.76. The van der Waals surface area contributed by atoms with Gasteiger partial charge in [0.05, 0.1) is 6.33 Å². The van der Waals surface area contributed by atoms with Gasteiger partial charge in [-0.25, -0.2) is 19.3 Å². The molecule has 3 aromatic rings. The van der Waals surface area contributed by atoms with Crippen molar-refractivity contribution in [2.75, 3.05) is 5.32 Å². The van der Waals surface area contributed by atoms with Crippen LogP contribution in [0.15, 0.2) is 43.0 Å². The number of nitrogens with one attached hydrogen (secondary N) is 1. The molecule has 1 aliphatic heterocycles. The van der Waals surface area contributed by atoms with Crippen LogP contribution in [0.25, 0.3) is 11.2 Å². The molecule has 13 heteroatoms. The number of anilines is 1. The first-order valence-corrected chi connectivity index (χ1v) is 10.1. The minimum absolute atomic E-state index is 0.123. The highest BCUT2D eigenvalue weighted by molar-refractivity contribution is 7.32. The maximum absolute atomic E-state index is 15.1. The number of rotatable bonds is 5. The second kappa shape index (κ2) is 6.89. The molecule has 1 saturated carbocycles. The molecule has 1 aromatic carbocycles. The zero-order valence-corrected chi connectivity index (χ0v) is 16.0. The second-order valence-electron chi connectivity index (χ2n) is 6.88. The maximum atomic E-state index is 15.1. The minimum Gasteiger partial charge on any atom is -0.387 e. The summed E-state index contributed by atoms with van der Waals surface area (Å²) in [5.74, 6) is -0.284. The number of ether oxygens (including phenoxy) is 1. The Bertz CT molecular complexity index is 1160. The number of hydrogen-bond acceptors (Lipinski definition) is 8. The van der Waals surface area contributed by atoms with Gasteiger partial charge in [0.15, 0.2) is 35.0 Å². The number of aliphatic hydroxyl groups is 1. The van der Waals surface area contributed by atoms with E-state index in [4.69, 9.17) is 14.2 Å². The van der Waals surface area contributed by atoms with Gasteiger partial charge in [-0.3, -0.25) is 18.5 Å². The molecular formula is C17H15FN5O6P. The predicted molar refractivity (Wildman–Crippen MR) is 99.6 cm³/mol. The van der Waals surface area contributed by atoms with Gasteiger partial charge in [-0.05, 0) is 12.1 Å². The van der Waals surface area contributed by atoms with E-state index in [-0.39, 0.29) is 17.0 Å². The summed E-state index contributed by atoms with van der Waals surface area (Å²) in [6.45, 7) is 0. The van der Waals surface area contributed by atoms with E-state index in [0.717, 1.165) is 0 Å². The Labute approximate surface area is 168 Å². The Morgan fingerprint density at radius 3 is 2.80 bits per heavy atom. The Morgan fingerprint density at radius 2 is 2.07 bits per heavy atom. The smallest absolute Gasteiger partial charge is 0.317 e. The van der Waals surface area contributed by atoms with Crippen LogP contribution >= 0.6 is 8.25 Å². The fraction of sp³-hybridized carbons (Fsp3) is 0.294. The number of amides is 1. The highest BCUT2D eigenvalue weighted by Gasteiger charge is 2.80.